The number of aromatic amines is 1. The van der Waals surface area contributed by atoms with Crippen molar-refractivity contribution < 1.29 is 53.5 Å². The summed E-state index contributed by atoms with van der Waals surface area (Å²) < 4.78 is 58.3. The third-order valence-electron chi connectivity index (χ3n) is 6.02. The van der Waals surface area contributed by atoms with Crippen molar-refractivity contribution in [2.24, 2.45) is 0 Å². The Balaban J connectivity index is 0.00000529. The number of amides is 1. The number of fused-ring (bicyclic) bond motifs is 1. The van der Waals surface area contributed by atoms with Crippen LogP contribution >= 0.6 is 0 Å². The molecule has 0 aliphatic carbocycles. The second kappa shape index (κ2) is 13.8. The molecule has 0 saturated heterocycles. The number of halogens is 5. The molecule has 0 saturated carbocycles. The Hall–Kier alpha value is -4.55. The molecule has 3 heterocycles. The average molecular weight is 684 g/mol. The molecule has 234 valence electrons. The molecular formula is C26H26BrF4N9O4. The predicted molar refractivity (Wildman–Crippen MR) is 146 cm³/mol. The van der Waals surface area contributed by atoms with Gasteiger partial charge in [-0.15, -0.1) is 0 Å². The lowest BCUT2D eigenvalue weighted by atomic mass is 10.1. The molecule has 4 rings (SSSR count). The molecule has 1 amide bonds. The van der Waals surface area contributed by atoms with Crippen LogP contribution in [-0.2, 0) is 28.9 Å². The molecule has 0 atom stereocenters. The van der Waals surface area contributed by atoms with Gasteiger partial charge in [0.25, 0.3) is 0 Å². The van der Waals surface area contributed by atoms with Gasteiger partial charge >= 0.3 is 12.0 Å². The Morgan fingerprint density at radius 3 is 2.64 bits per heavy atom. The topological polar surface area (TPSA) is 161 Å². The molecule has 0 aliphatic heterocycles. The van der Waals surface area contributed by atoms with Gasteiger partial charge in [-0.2, -0.15) is 13.2 Å². The van der Waals surface area contributed by atoms with Crippen LogP contribution in [0.4, 0.5) is 40.7 Å². The number of hydrogen-bond acceptors (Lipinski definition) is 9. The van der Waals surface area contributed by atoms with Crippen LogP contribution in [-0.4, -0.2) is 68.0 Å². The van der Waals surface area contributed by atoms with Gasteiger partial charge < -0.3 is 46.9 Å². The third kappa shape index (κ3) is 8.51. The van der Waals surface area contributed by atoms with Crippen molar-refractivity contribution in [2.75, 3.05) is 38.4 Å². The quantitative estimate of drug-likeness (QED) is 0.0699. The summed E-state index contributed by atoms with van der Waals surface area (Å²) in [6.45, 7) is 0.608. The number of hydrogen-bond donors (Lipinski definition) is 3. The molecule has 13 nitrogen and oxygen atoms in total. The number of rotatable bonds is 11. The van der Waals surface area contributed by atoms with Crippen LogP contribution in [0.1, 0.15) is 17.1 Å². The maximum absolute atomic E-state index is 13.7. The van der Waals surface area contributed by atoms with Gasteiger partial charge in [-0.1, -0.05) is 0 Å². The lowest BCUT2D eigenvalue weighted by Gasteiger charge is -2.27. The number of anilines is 3. The summed E-state index contributed by atoms with van der Waals surface area (Å²) in [5.41, 5.74) is -0.904. The number of imidazole rings is 1. The molecule has 0 aliphatic rings. The third-order valence-corrected chi connectivity index (χ3v) is 6.02. The number of alkyl halides is 3. The summed E-state index contributed by atoms with van der Waals surface area (Å²) in [7, 11) is 5.08. The highest BCUT2D eigenvalue weighted by molar-refractivity contribution is 6.00. The number of carbonyl (C=O) groups excluding carboxylic acids is 1. The first-order chi connectivity index (χ1) is 20.3. The van der Waals surface area contributed by atoms with E-state index in [4.69, 9.17) is 4.74 Å². The summed E-state index contributed by atoms with van der Waals surface area (Å²) in [6.07, 6.45) is 0.509. The van der Waals surface area contributed by atoms with E-state index in [1.807, 2.05) is 14.1 Å². The molecule has 0 spiro atoms. The van der Waals surface area contributed by atoms with E-state index < -0.39 is 28.4 Å². The fourth-order valence-electron chi connectivity index (χ4n) is 4.09. The molecular weight excluding hydrogens is 658 g/mol. The SMILES string of the molecule is COCc1nc(C[N+](C)(C)C/C=C/C(=O)Nc2cc3c(Nc4ccc(F)c(C(F)(F)F)c4)ncnc3cn2)c([N+](=O)[O-])[nH]1.[Br-]. The van der Waals surface area contributed by atoms with Gasteiger partial charge in [0.15, 0.2) is 5.69 Å². The number of likely N-dealkylation sites (N-methyl/N-ethyl adjacent to an activating group) is 1. The van der Waals surface area contributed by atoms with Crippen molar-refractivity contribution >= 4 is 40.0 Å². The fraction of sp³-hybridized carbons (Fsp3) is 0.269. The van der Waals surface area contributed by atoms with E-state index in [2.05, 4.69) is 35.6 Å². The van der Waals surface area contributed by atoms with Gasteiger partial charge in [-0.25, -0.2) is 29.3 Å². The molecule has 1 aromatic carbocycles. The number of ether oxygens (including phenoxy) is 1. The number of nitrogens with one attached hydrogen (secondary N) is 3. The number of benzene rings is 1. The molecule has 4 aromatic rings. The Kier molecular flexibility index (Phi) is 10.7. The second-order valence-electron chi connectivity index (χ2n) is 9.96. The largest absolute Gasteiger partial charge is 1.00 e. The van der Waals surface area contributed by atoms with Gasteiger partial charge in [0.1, 0.15) is 36.9 Å². The molecule has 0 unspecified atom stereocenters. The van der Waals surface area contributed by atoms with Gasteiger partial charge in [0, 0.05) is 24.3 Å². The van der Waals surface area contributed by atoms with Gasteiger partial charge in [0.05, 0.1) is 37.9 Å². The van der Waals surface area contributed by atoms with E-state index in [0.29, 0.717) is 35.4 Å². The van der Waals surface area contributed by atoms with Gasteiger partial charge in [-0.05, 0) is 35.3 Å². The fourth-order valence-corrected chi connectivity index (χ4v) is 4.09. The van der Waals surface area contributed by atoms with E-state index in [1.165, 1.54) is 31.8 Å². The van der Waals surface area contributed by atoms with Crippen molar-refractivity contribution in [2.45, 2.75) is 19.3 Å². The van der Waals surface area contributed by atoms with Crippen molar-refractivity contribution in [1.82, 2.24) is 24.9 Å². The van der Waals surface area contributed by atoms with Crippen molar-refractivity contribution in [3.05, 3.63) is 82.0 Å². The molecule has 18 heteroatoms. The van der Waals surface area contributed by atoms with Crippen molar-refractivity contribution in [3.63, 3.8) is 0 Å². The molecule has 0 fully saturated rings. The average Bonchev–Trinajstić information content (AvgIpc) is 3.31. The zero-order valence-electron chi connectivity index (χ0n) is 23.4. The van der Waals surface area contributed by atoms with Crippen LogP contribution in [0.15, 0.2) is 48.9 Å². The second-order valence-corrected chi connectivity index (χ2v) is 9.96. The Morgan fingerprint density at radius 2 is 1.95 bits per heavy atom. The first-order valence-corrected chi connectivity index (χ1v) is 12.5. The van der Waals surface area contributed by atoms with Gasteiger partial charge in [-0.3, -0.25) is 4.79 Å². The summed E-state index contributed by atoms with van der Waals surface area (Å²) in [5.74, 6) is -1.61. The first kappa shape index (κ1) is 33.9. The Labute approximate surface area is 257 Å². The smallest absolute Gasteiger partial charge is 0.419 e. The van der Waals surface area contributed by atoms with Gasteiger partial charge in [0.2, 0.25) is 11.7 Å². The normalized spacial score (nSPS) is 11.9. The molecule has 0 radical (unpaired) electrons. The Morgan fingerprint density at radius 1 is 1.20 bits per heavy atom. The van der Waals surface area contributed by atoms with E-state index >= 15 is 0 Å². The highest BCUT2D eigenvalue weighted by atomic mass is 79.9. The minimum atomic E-state index is -4.89. The molecule has 3 aromatic heterocycles. The first-order valence-electron chi connectivity index (χ1n) is 12.5. The zero-order chi connectivity index (χ0) is 31.4. The van der Waals surface area contributed by atoms with Crippen LogP contribution in [0.5, 0.6) is 0 Å². The van der Waals surface area contributed by atoms with Crippen molar-refractivity contribution in [3.8, 4) is 0 Å². The van der Waals surface area contributed by atoms with E-state index in [-0.39, 0.29) is 63.5 Å². The van der Waals surface area contributed by atoms with Crippen molar-refractivity contribution in [1.29, 1.82) is 0 Å². The number of quaternary nitrogens is 1. The van der Waals surface area contributed by atoms with Crippen LogP contribution in [0.25, 0.3) is 10.9 Å². The number of aromatic nitrogens is 5. The van der Waals surface area contributed by atoms with Crippen LogP contribution < -0.4 is 27.6 Å². The zero-order valence-corrected chi connectivity index (χ0v) is 25.0. The molecule has 44 heavy (non-hydrogen) atoms. The van der Waals surface area contributed by atoms with Crippen LogP contribution in [0, 0.1) is 15.9 Å². The Bertz CT molecular complexity index is 1700. The molecule has 3 N–H and O–H groups in total. The maximum Gasteiger partial charge on any atom is 0.419 e. The lowest BCUT2D eigenvalue weighted by Crippen LogP contribution is -3.00. The van der Waals surface area contributed by atoms with Crippen LogP contribution in [0.2, 0.25) is 0 Å². The van der Waals surface area contributed by atoms with Crippen LogP contribution in [0.3, 0.4) is 0 Å². The summed E-state index contributed by atoms with van der Waals surface area (Å²) >= 11 is 0. The van der Waals surface area contributed by atoms with E-state index in [9.17, 15) is 32.5 Å². The monoisotopic (exact) mass is 683 g/mol. The number of methoxy groups -OCH3 is 1. The predicted octanol–water partition coefficient (Wildman–Crippen LogP) is 1.48. The lowest BCUT2D eigenvalue weighted by molar-refractivity contribution is -0.898. The number of H-pyrrole nitrogens is 1. The summed E-state index contributed by atoms with van der Waals surface area (Å²) in [5, 5.41) is 17.1. The number of pyridine rings is 1. The maximum atomic E-state index is 13.7. The molecule has 0 bridgehead atoms. The highest BCUT2D eigenvalue weighted by Gasteiger charge is 2.34. The standard InChI is InChI=1S/C26H25F4N9O4.BrH/c1-39(2,12-20-25(38(41)42)37-22(35-20)13-43-3)8-4-5-23(40)36-21-10-16-19(11-31-21)32-14-33-24(16)34-15-6-7-18(27)17(9-15)26(28,29)30;/h4-7,9-11,14H,8,12-13H2,1-3H3,(H2-,31,32,33,34,35,36,37,40);1H/b5-4+;. The number of nitro groups is 1. The summed E-state index contributed by atoms with van der Waals surface area (Å²) in [6, 6.07) is 3.89. The highest BCUT2D eigenvalue weighted by Crippen LogP contribution is 2.34. The minimum Gasteiger partial charge on any atom is -1.00 e. The minimum absolute atomic E-state index is 0. The van der Waals surface area contributed by atoms with E-state index in [1.54, 1.807) is 6.08 Å². The number of carbonyl (C=O) groups is 1. The summed E-state index contributed by atoms with van der Waals surface area (Å²) in [4.78, 5) is 42.6. The van der Waals surface area contributed by atoms with E-state index in [0.717, 1.165) is 6.07 Å². The number of nitrogens with zero attached hydrogens (tertiary/aromatic N) is 6.